The molecule has 1 unspecified atom stereocenters. The van der Waals surface area contributed by atoms with Gasteiger partial charge in [-0.25, -0.2) is 0 Å². The van der Waals surface area contributed by atoms with Crippen LogP contribution in [0.3, 0.4) is 0 Å². The lowest BCUT2D eigenvalue weighted by molar-refractivity contribution is -0.137. The zero-order chi connectivity index (χ0) is 18.7. The molecule has 0 saturated carbocycles. The number of amides is 1. The fraction of sp³-hybridized carbons (Fsp3) is 0.444. The Morgan fingerprint density at radius 2 is 2.00 bits per heavy atom. The van der Waals surface area contributed by atoms with Crippen molar-refractivity contribution in [3.8, 4) is 0 Å². The van der Waals surface area contributed by atoms with E-state index in [-0.39, 0.29) is 11.9 Å². The standard InChI is InChI=1S/C18H21F3N4O/c1-24-10-8-16(23-24)17(26)22-15-3-2-9-25(12-15)11-13-4-6-14(7-5-13)18(19,20)21/h4-8,10,15H,2-3,9,11-12H2,1H3,(H,22,26). The average Bonchev–Trinajstić information content (AvgIpc) is 3.01. The summed E-state index contributed by atoms with van der Waals surface area (Å²) in [6.45, 7) is 2.09. The van der Waals surface area contributed by atoms with Crippen LogP contribution in [0.15, 0.2) is 36.5 Å². The number of nitrogens with zero attached hydrogens (tertiary/aromatic N) is 3. The normalized spacial score (nSPS) is 18.7. The summed E-state index contributed by atoms with van der Waals surface area (Å²) in [4.78, 5) is 14.4. The highest BCUT2D eigenvalue weighted by Crippen LogP contribution is 2.29. The molecule has 1 aliphatic rings. The van der Waals surface area contributed by atoms with Gasteiger partial charge in [0.05, 0.1) is 5.56 Å². The van der Waals surface area contributed by atoms with Crippen LogP contribution in [0.5, 0.6) is 0 Å². The molecule has 2 aromatic rings. The SMILES string of the molecule is Cn1ccc(C(=O)NC2CCCN(Cc3ccc(C(F)(F)F)cc3)C2)n1. The molecule has 1 saturated heterocycles. The third-order valence-electron chi connectivity index (χ3n) is 4.47. The number of carbonyl (C=O) groups is 1. The van der Waals surface area contributed by atoms with Gasteiger partial charge in [-0.15, -0.1) is 0 Å². The van der Waals surface area contributed by atoms with E-state index in [4.69, 9.17) is 0 Å². The summed E-state index contributed by atoms with van der Waals surface area (Å²) >= 11 is 0. The van der Waals surface area contributed by atoms with E-state index in [1.165, 1.54) is 12.1 Å². The van der Waals surface area contributed by atoms with Crippen LogP contribution in [-0.2, 0) is 19.8 Å². The Balaban J connectivity index is 1.56. The molecule has 2 heterocycles. The second-order valence-corrected chi connectivity index (χ2v) is 6.62. The molecule has 0 radical (unpaired) electrons. The maximum atomic E-state index is 12.6. The van der Waals surface area contributed by atoms with Crippen LogP contribution < -0.4 is 5.32 Å². The summed E-state index contributed by atoms with van der Waals surface area (Å²) in [5.74, 6) is -0.202. The van der Waals surface area contributed by atoms with Gasteiger partial charge in [0.25, 0.3) is 5.91 Å². The van der Waals surface area contributed by atoms with Gasteiger partial charge in [0.15, 0.2) is 0 Å². The first-order chi connectivity index (χ1) is 12.3. The number of rotatable bonds is 4. The first-order valence-corrected chi connectivity index (χ1v) is 8.50. The van der Waals surface area contributed by atoms with Crippen molar-refractivity contribution in [3.63, 3.8) is 0 Å². The molecule has 0 bridgehead atoms. The van der Waals surface area contributed by atoms with Crippen LogP contribution in [0.2, 0.25) is 0 Å². The maximum absolute atomic E-state index is 12.6. The number of hydrogen-bond acceptors (Lipinski definition) is 3. The monoisotopic (exact) mass is 366 g/mol. The van der Waals surface area contributed by atoms with Gasteiger partial charge in [0.2, 0.25) is 0 Å². The lowest BCUT2D eigenvalue weighted by atomic mass is 10.0. The molecule has 1 amide bonds. The third kappa shape index (κ3) is 4.63. The molecule has 0 spiro atoms. The van der Waals surface area contributed by atoms with Crippen molar-refractivity contribution in [1.82, 2.24) is 20.0 Å². The Hall–Kier alpha value is -2.35. The number of aryl methyl sites for hydroxylation is 1. The van der Waals surface area contributed by atoms with Crippen LogP contribution in [0.25, 0.3) is 0 Å². The van der Waals surface area contributed by atoms with Gasteiger partial charge < -0.3 is 5.32 Å². The Labute approximate surface area is 149 Å². The fourth-order valence-corrected chi connectivity index (χ4v) is 3.17. The lowest BCUT2D eigenvalue weighted by Crippen LogP contribution is -2.47. The molecule has 8 heteroatoms. The Morgan fingerprint density at radius 1 is 1.27 bits per heavy atom. The average molecular weight is 366 g/mol. The highest BCUT2D eigenvalue weighted by Gasteiger charge is 2.30. The molecule has 0 aliphatic carbocycles. The van der Waals surface area contributed by atoms with E-state index >= 15 is 0 Å². The number of hydrogen-bond donors (Lipinski definition) is 1. The molecule has 1 fully saturated rings. The number of alkyl halides is 3. The van der Waals surface area contributed by atoms with E-state index < -0.39 is 11.7 Å². The topological polar surface area (TPSA) is 50.2 Å². The van der Waals surface area contributed by atoms with E-state index in [0.29, 0.717) is 18.8 Å². The predicted octanol–water partition coefficient (Wildman–Crippen LogP) is 2.83. The molecule has 1 aliphatic heterocycles. The van der Waals surface area contributed by atoms with Crippen molar-refractivity contribution in [3.05, 3.63) is 53.3 Å². The van der Waals surface area contributed by atoms with Crippen LogP contribution >= 0.6 is 0 Å². The summed E-state index contributed by atoms with van der Waals surface area (Å²) in [7, 11) is 1.75. The smallest absolute Gasteiger partial charge is 0.347 e. The van der Waals surface area contributed by atoms with Crippen LogP contribution in [0.1, 0.15) is 34.5 Å². The second-order valence-electron chi connectivity index (χ2n) is 6.62. The van der Waals surface area contributed by atoms with Gasteiger partial charge in [-0.3, -0.25) is 14.4 Å². The molecule has 140 valence electrons. The molecule has 1 aromatic carbocycles. The van der Waals surface area contributed by atoms with Crippen LogP contribution in [0.4, 0.5) is 13.2 Å². The molecule has 5 nitrogen and oxygen atoms in total. The number of benzene rings is 1. The van der Waals surface area contributed by atoms with E-state index in [1.807, 2.05) is 0 Å². The Kier molecular flexibility index (Phi) is 5.31. The zero-order valence-electron chi connectivity index (χ0n) is 14.5. The first kappa shape index (κ1) is 18.4. The number of carbonyl (C=O) groups excluding carboxylic acids is 1. The first-order valence-electron chi connectivity index (χ1n) is 8.50. The summed E-state index contributed by atoms with van der Waals surface area (Å²) in [5, 5.41) is 7.08. The van der Waals surface area contributed by atoms with Crippen molar-refractivity contribution in [1.29, 1.82) is 0 Å². The minimum Gasteiger partial charge on any atom is -0.347 e. The van der Waals surface area contributed by atoms with Gasteiger partial charge in [0.1, 0.15) is 5.69 Å². The number of likely N-dealkylation sites (tertiary alicyclic amines) is 1. The molecular weight excluding hydrogens is 345 g/mol. The largest absolute Gasteiger partial charge is 0.416 e. The quantitative estimate of drug-likeness (QED) is 0.905. The van der Waals surface area contributed by atoms with Crippen LogP contribution in [-0.4, -0.2) is 39.7 Å². The van der Waals surface area contributed by atoms with Gasteiger partial charge in [-0.05, 0) is 43.1 Å². The Morgan fingerprint density at radius 3 is 2.62 bits per heavy atom. The Bertz CT molecular complexity index is 755. The molecule has 1 atom stereocenters. The summed E-state index contributed by atoms with van der Waals surface area (Å²) in [5.41, 5.74) is 0.572. The van der Waals surface area contributed by atoms with Gasteiger partial charge in [-0.1, -0.05) is 12.1 Å². The zero-order valence-corrected chi connectivity index (χ0v) is 14.5. The fourth-order valence-electron chi connectivity index (χ4n) is 3.17. The van der Waals surface area contributed by atoms with Crippen molar-refractivity contribution in [2.24, 2.45) is 7.05 Å². The van der Waals surface area contributed by atoms with E-state index in [1.54, 1.807) is 24.0 Å². The summed E-state index contributed by atoms with van der Waals surface area (Å²) < 4.78 is 39.5. The summed E-state index contributed by atoms with van der Waals surface area (Å²) in [6.07, 6.45) is -0.799. The van der Waals surface area contributed by atoms with E-state index in [0.717, 1.165) is 37.1 Å². The molecule has 26 heavy (non-hydrogen) atoms. The van der Waals surface area contributed by atoms with Crippen LogP contribution in [0, 0.1) is 0 Å². The van der Waals surface area contributed by atoms with Crippen molar-refractivity contribution in [2.45, 2.75) is 31.6 Å². The van der Waals surface area contributed by atoms with Crippen molar-refractivity contribution >= 4 is 5.91 Å². The van der Waals surface area contributed by atoms with Gasteiger partial charge in [-0.2, -0.15) is 18.3 Å². The molecule has 3 rings (SSSR count). The lowest BCUT2D eigenvalue weighted by Gasteiger charge is -2.33. The predicted molar refractivity (Wildman–Crippen MR) is 90.4 cm³/mol. The van der Waals surface area contributed by atoms with E-state index in [2.05, 4.69) is 15.3 Å². The highest BCUT2D eigenvalue weighted by molar-refractivity contribution is 5.92. The number of halogens is 3. The third-order valence-corrected chi connectivity index (χ3v) is 4.47. The minimum atomic E-state index is -4.31. The van der Waals surface area contributed by atoms with Crippen molar-refractivity contribution < 1.29 is 18.0 Å². The second kappa shape index (κ2) is 7.49. The van der Waals surface area contributed by atoms with E-state index in [9.17, 15) is 18.0 Å². The summed E-state index contributed by atoms with van der Waals surface area (Å²) in [6, 6.07) is 6.92. The number of piperidine rings is 1. The highest BCUT2D eigenvalue weighted by atomic mass is 19.4. The van der Waals surface area contributed by atoms with Gasteiger partial charge >= 0.3 is 6.18 Å². The maximum Gasteiger partial charge on any atom is 0.416 e. The minimum absolute atomic E-state index is 0.00713. The van der Waals surface area contributed by atoms with Gasteiger partial charge in [0, 0.05) is 32.4 Å². The number of nitrogens with one attached hydrogen (secondary N) is 1. The molecule has 1 aromatic heterocycles. The molecule has 1 N–H and O–H groups in total. The van der Waals surface area contributed by atoms with Crippen molar-refractivity contribution in [2.75, 3.05) is 13.1 Å². The number of aromatic nitrogens is 2. The molecular formula is C18H21F3N4O.